The first kappa shape index (κ1) is 19.6. The molecule has 10 heteroatoms. The molecule has 3 aromatic rings. The van der Waals surface area contributed by atoms with Crippen molar-refractivity contribution >= 4 is 15.8 Å². The SMILES string of the molecule is C[C@H](OC(=O)c1ccc(S(=O)(=O)C(F)F)cc1)c1nnc(-c2ccccc2)o1. The fourth-order valence-electron chi connectivity index (χ4n) is 2.26. The summed E-state index contributed by atoms with van der Waals surface area (Å²) in [5.41, 5.74) is 0.693. The predicted molar refractivity (Wildman–Crippen MR) is 93.2 cm³/mol. The Kier molecular flexibility index (Phi) is 5.50. The number of nitrogens with zero attached hydrogens (tertiary/aromatic N) is 2. The van der Waals surface area contributed by atoms with Crippen molar-refractivity contribution in [3.05, 3.63) is 66.1 Å². The van der Waals surface area contributed by atoms with Gasteiger partial charge in [0, 0.05) is 5.56 Å². The number of ether oxygens (including phenoxy) is 1. The summed E-state index contributed by atoms with van der Waals surface area (Å²) in [5, 5.41) is 7.75. The summed E-state index contributed by atoms with van der Waals surface area (Å²) in [6, 6.07) is 13.0. The molecule has 1 aromatic heterocycles. The van der Waals surface area contributed by atoms with Gasteiger partial charge in [0.1, 0.15) is 0 Å². The maximum absolute atomic E-state index is 12.5. The molecule has 0 fully saturated rings. The van der Waals surface area contributed by atoms with Gasteiger partial charge in [0.15, 0.2) is 6.10 Å². The van der Waals surface area contributed by atoms with Gasteiger partial charge in [-0.1, -0.05) is 18.2 Å². The van der Waals surface area contributed by atoms with E-state index in [1.807, 2.05) is 6.07 Å². The van der Waals surface area contributed by atoms with E-state index in [2.05, 4.69) is 10.2 Å². The number of aromatic nitrogens is 2. The van der Waals surface area contributed by atoms with Crippen molar-refractivity contribution in [3.8, 4) is 11.5 Å². The highest BCUT2D eigenvalue weighted by Gasteiger charge is 2.27. The molecule has 1 heterocycles. The van der Waals surface area contributed by atoms with Crippen LogP contribution in [0.3, 0.4) is 0 Å². The second kappa shape index (κ2) is 7.85. The largest absolute Gasteiger partial charge is 0.449 e. The lowest BCUT2D eigenvalue weighted by molar-refractivity contribution is 0.0279. The molecule has 0 saturated heterocycles. The molecular weight excluding hydrogens is 394 g/mol. The highest BCUT2D eigenvalue weighted by Crippen LogP contribution is 2.24. The van der Waals surface area contributed by atoms with Crippen LogP contribution in [0.5, 0.6) is 0 Å². The van der Waals surface area contributed by atoms with E-state index in [0.717, 1.165) is 24.3 Å². The first-order valence-corrected chi connectivity index (χ1v) is 9.55. The van der Waals surface area contributed by atoms with Crippen molar-refractivity contribution in [2.75, 3.05) is 0 Å². The molecule has 146 valence electrons. The Morgan fingerprint density at radius 1 is 1.04 bits per heavy atom. The Morgan fingerprint density at radius 3 is 2.29 bits per heavy atom. The van der Waals surface area contributed by atoms with Gasteiger partial charge in [0.2, 0.25) is 15.7 Å². The van der Waals surface area contributed by atoms with Crippen LogP contribution < -0.4 is 0 Å². The van der Waals surface area contributed by atoms with E-state index in [1.165, 1.54) is 6.92 Å². The lowest BCUT2D eigenvalue weighted by Gasteiger charge is -2.10. The van der Waals surface area contributed by atoms with Crippen LogP contribution in [0.2, 0.25) is 0 Å². The Morgan fingerprint density at radius 2 is 1.68 bits per heavy atom. The minimum absolute atomic E-state index is 0.0112. The van der Waals surface area contributed by atoms with E-state index in [-0.39, 0.29) is 17.3 Å². The monoisotopic (exact) mass is 408 g/mol. The molecule has 3 rings (SSSR count). The first-order valence-electron chi connectivity index (χ1n) is 8.01. The summed E-state index contributed by atoms with van der Waals surface area (Å²) in [6.45, 7) is 1.52. The molecule has 0 N–H and O–H groups in total. The molecule has 0 aliphatic carbocycles. The number of carbonyl (C=O) groups is 1. The molecule has 28 heavy (non-hydrogen) atoms. The van der Waals surface area contributed by atoms with Crippen LogP contribution in [0.15, 0.2) is 63.9 Å². The smallest absolute Gasteiger partial charge is 0.341 e. The number of sulfone groups is 1. The molecular formula is C18H14F2N2O5S. The van der Waals surface area contributed by atoms with Crippen molar-refractivity contribution in [2.45, 2.75) is 23.7 Å². The van der Waals surface area contributed by atoms with E-state index in [0.29, 0.717) is 5.56 Å². The molecule has 0 unspecified atom stereocenters. The van der Waals surface area contributed by atoms with Gasteiger partial charge >= 0.3 is 11.7 Å². The zero-order chi connectivity index (χ0) is 20.3. The fourth-order valence-corrected chi connectivity index (χ4v) is 2.98. The van der Waals surface area contributed by atoms with Crippen molar-refractivity contribution in [1.82, 2.24) is 10.2 Å². The van der Waals surface area contributed by atoms with Gasteiger partial charge in [-0.05, 0) is 43.3 Å². The van der Waals surface area contributed by atoms with E-state index in [1.54, 1.807) is 24.3 Å². The van der Waals surface area contributed by atoms with Crippen LogP contribution in [0.25, 0.3) is 11.5 Å². The van der Waals surface area contributed by atoms with Crippen LogP contribution in [0.1, 0.15) is 29.3 Å². The number of benzene rings is 2. The fraction of sp³-hybridized carbons (Fsp3) is 0.167. The van der Waals surface area contributed by atoms with Crippen LogP contribution in [0, 0.1) is 0 Å². The maximum atomic E-state index is 12.5. The lowest BCUT2D eigenvalue weighted by atomic mass is 10.2. The second-order valence-corrected chi connectivity index (χ2v) is 7.61. The topological polar surface area (TPSA) is 99.4 Å². The average molecular weight is 408 g/mol. The summed E-state index contributed by atoms with van der Waals surface area (Å²) >= 11 is 0. The quantitative estimate of drug-likeness (QED) is 0.574. The molecule has 0 aliphatic rings. The number of alkyl halides is 2. The molecule has 0 bridgehead atoms. The Bertz CT molecular complexity index is 1070. The van der Waals surface area contributed by atoms with Crippen LogP contribution in [-0.4, -0.2) is 30.3 Å². The van der Waals surface area contributed by atoms with E-state index in [9.17, 15) is 22.0 Å². The second-order valence-electron chi connectivity index (χ2n) is 5.69. The predicted octanol–water partition coefficient (Wildman–Crippen LogP) is 3.65. The molecule has 0 amide bonds. The third kappa shape index (κ3) is 4.06. The average Bonchev–Trinajstić information content (AvgIpc) is 3.19. The third-order valence-electron chi connectivity index (χ3n) is 3.75. The number of hydrogen-bond donors (Lipinski definition) is 0. The zero-order valence-corrected chi connectivity index (χ0v) is 15.3. The number of halogens is 2. The summed E-state index contributed by atoms with van der Waals surface area (Å²) in [6.07, 6.45) is -0.873. The van der Waals surface area contributed by atoms with Crippen molar-refractivity contribution in [3.63, 3.8) is 0 Å². The van der Waals surface area contributed by atoms with Gasteiger partial charge in [-0.2, -0.15) is 8.78 Å². The number of hydrogen-bond acceptors (Lipinski definition) is 7. The highest BCUT2D eigenvalue weighted by atomic mass is 32.2. The van der Waals surface area contributed by atoms with Gasteiger partial charge in [0.25, 0.3) is 5.89 Å². The van der Waals surface area contributed by atoms with Crippen molar-refractivity contribution in [1.29, 1.82) is 0 Å². The van der Waals surface area contributed by atoms with Gasteiger partial charge in [-0.15, -0.1) is 10.2 Å². The summed E-state index contributed by atoms with van der Waals surface area (Å²) in [7, 11) is -4.73. The van der Waals surface area contributed by atoms with Gasteiger partial charge in [-0.25, -0.2) is 13.2 Å². The van der Waals surface area contributed by atoms with E-state index in [4.69, 9.17) is 9.15 Å². The molecule has 0 radical (unpaired) electrons. The Balaban J connectivity index is 1.70. The number of carbonyl (C=O) groups excluding carboxylic acids is 1. The molecule has 1 atom stereocenters. The molecule has 0 saturated carbocycles. The third-order valence-corrected chi connectivity index (χ3v) is 5.14. The molecule has 2 aromatic carbocycles. The standard InChI is InChI=1S/C18H14F2N2O5S/c1-11(15-21-22-16(27-15)12-5-3-2-4-6-12)26-17(23)13-7-9-14(10-8-13)28(24,25)18(19)20/h2-11,18H,1H3/t11-/m0/s1. The molecule has 7 nitrogen and oxygen atoms in total. The lowest BCUT2D eigenvalue weighted by Crippen LogP contribution is -2.12. The molecule has 0 spiro atoms. The number of rotatable bonds is 6. The minimum Gasteiger partial charge on any atom is -0.449 e. The van der Waals surface area contributed by atoms with E-state index < -0.39 is 32.6 Å². The van der Waals surface area contributed by atoms with Crippen molar-refractivity contribution < 1.29 is 31.1 Å². The van der Waals surface area contributed by atoms with E-state index >= 15 is 0 Å². The van der Waals surface area contributed by atoms with Crippen LogP contribution in [0.4, 0.5) is 8.78 Å². The van der Waals surface area contributed by atoms with Gasteiger partial charge in [-0.3, -0.25) is 0 Å². The van der Waals surface area contributed by atoms with Gasteiger partial charge < -0.3 is 9.15 Å². The van der Waals surface area contributed by atoms with Crippen LogP contribution >= 0.6 is 0 Å². The zero-order valence-electron chi connectivity index (χ0n) is 14.5. The Labute approximate surface area is 158 Å². The minimum atomic E-state index is -4.73. The number of esters is 1. The van der Waals surface area contributed by atoms with Gasteiger partial charge in [0.05, 0.1) is 10.5 Å². The van der Waals surface area contributed by atoms with Crippen molar-refractivity contribution in [2.24, 2.45) is 0 Å². The van der Waals surface area contributed by atoms with Crippen LogP contribution in [-0.2, 0) is 14.6 Å². The summed E-state index contributed by atoms with van der Waals surface area (Å²) < 4.78 is 58.6. The summed E-state index contributed by atoms with van der Waals surface area (Å²) in [4.78, 5) is 11.6. The Hall–Kier alpha value is -3.14. The maximum Gasteiger partial charge on any atom is 0.341 e. The first-order chi connectivity index (χ1) is 13.3. The molecule has 0 aliphatic heterocycles. The summed E-state index contributed by atoms with van der Waals surface area (Å²) in [5.74, 6) is -4.00. The highest BCUT2D eigenvalue weighted by molar-refractivity contribution is 7.91. The normalized spacial score (nSPS) is 12.7.